The van der Waals surface area contributed by atoms with E-state index < -0.39 is 0 Å². The van der Waals surface area contributed by atoms with E-state index in [9.17, 15) is 0 Å². The first-order chi connectivity index (χ1) is 8.00. The van der Waals surface area contributed by atoms with E-state index in [4.69, 9.17) is 5.73 Å². The Morgan fingerprint density at radius 2 is 1.76 bits per heavy atom. The van der Waals surface area contributed by atoms with E-state index in [-0.39, 0.29) is 5.54 Å². The standard InChI is InChI=1S/C15H26N2/c1-5-15(16,6-2)12-17(4)11-14-10-8-7-9-13(14)3/h7-10H,5-6,11-12,16H2,1-4H3. The molecule has 1 rings (SSSR count). The Hall–Kier alpha value is -0.860. The summed E-state index contributed by atoms with van der Waals surface area (Å²) in [6.45, 7) is 8.44. The minimum Gasteiger partial charge on any atom is -0.324 e. The molecule has 1 aromatic rings. The number of nitrogens with two attached hydrogens (primary N) is 1. The van der Waals surface area contributed by atoms with Crippen LogP contribution >= 0.6 is 0 Å². The lowest BCUT2D eigenvalue weighted by Gasteiger charge is -2.32. The average molecular weight is 234 g/mol. The lowest BCUT2D eigenvalue weighted by Crippen LogP contribution is -2.48. The van der Waals surface area contributed by atoms with Gasteiger partial charge < -0.3 is 10.6 Å². The van der Waals surface area contributed by atoms with Crippen molar-refractivity contribution in [3.63, 3.8) is 0 Å². The zero-order valence-electron chi connectivity index (χ0n) is 11.7. The van der Waals surface area contributed by atoms with Crippen molar-refractivity contribution in [1.82, 2.24) is 4.90 Å². The molecule has 0 spiro atoms. The molecule has 1 aromatic carbocycles. The molecule has 0 amide bonds. The van der Waals surface area contributed by atoms with Crippen molar-refractivity contribution in [2.45, 2.75) is 45.7 Å². The Morgan fingerprint density at radius 3 is 2.29 bits per heavy atom. The van der Waals surface area contributed by atoms with Crippen LogP contribution in [0.15, 0.2) is 24.3 Å². The number of hydrogen-bond donors (Lipinski definition) is 1. The fraction of sp³-hybridized carbons (Fsp3) is 0.600. The third-order valence-electron chi connectivity index (χ3n) is 3.69. The van der Waals surface area contributed by atoms with Gasteiger partial charge in [0.2, 0.25) is 0 Å². The molecule has 2 N–H and O–H groups in total. The van der Waals surface area contributed by atoms with Gasteiger partial charge >= 0.3 is 0 Å². The molecule has 0 aliphatic rings. The van der Waals surface area contributed by atoms with Gasteiger partial charge in [-0.1, -0.05) is 38.1 Å². The van der Waals surface area contributed by atoms with Gasteiger partial charge in [-0.25, -0.2) is 0 Å². The Bertz CT molecular complexity index is 343. The zero-order chi connectivity index (χ0) is 12.9. The third kappa shape index (κ3) is 4.14. The van der Waals surface area contributed by atoms with Gasteiger partial charge in [0.1, 0.15) is 0 Å². The van der Waals surface area contributed by atoms with Crippen LogP contribution in [0.2, 0.25) is 0 Å². The number of benzene rings is 1. The lowest BCUT2D eigenvalue weighted by atomic mass is 9.93. The second-order valence-electron chi connectivity index (χ2n) is 5.17. The van der Waals surface area contributed by atoms with Crippen molar-refractivity contribution in [1.29, 1.82) is 0 Å². The van der Waals surface area contributed by atoms with E-state index in [1.54, 1.807) is 0 Å². The van der Waals surface area contributed by atoms with E-state index in [1.807, 2.05) is 0 Å². The second kappa shape index (κ2) is 6.18. The number of likely N-dealkylation sites (N-methyl/N-ethyl adjacent to an activating group) is 1. The van der Waals surface area contributed by atoms with E-state index in [1.165, 1.54) is 11.1 Å². The molecule has 0 aliphatic heterocycles. The molecule has 0 fully saturated rings. The number of hydrogen-bond acceptors (Lipinski definition) is 2. The van der Waals surface area contributed by atoms with Crippen LogP contribution in [-0.4, -0.2) is 24.0 Å². The van der Waals surface area contributed by atoms with Gasteiger partial charge in [-0.2, -0.15) is 0 Å². The van der Waals surface area contributed by atoms with E-state index in [2.05, 4.69) is 57.0 Å². The molecular formula is C15H26N2. The normalized spacial score (nSPS) is 12.1. The quantitative estimate of drug-likeness (QED) is 0.820. The highest BCUT2D eigenvalue weighted by atomic mass is 15.1. The van der Waals surface area contributed by atoms with Gasteiger partial charge in [0.25, 0.3) is 0 Å². The summed E-state index contributed by atoms with van der Waals surface area (Å²) in [5.41, 5.74) is 9.05. The number of rotatable bonds is 6. The van der Waals surface area contributed by atoms with Gasteiger partial charge in [-0.05, 0) is 37.9 Å². The van der Waals surface area contributed by atoms with Crippen molar-refractivity contribution < 1.29 is 0 Å². The maximum atomic E-state index is 6.35. The summed E-state index contributed by atoms with van der Waals surface area (Å²) < 4.78 is 0. The Kier molecular flexibility index (Phi) is 5.16. The molecule has 0 saturated heterocycles. The van der Waals surface area contributed by atoms with E-state index >= 15 is 0 Å². The molecule has 17 heavy (non-hydrogen) atoms. The van der Waals surface area contributed by atoms with Gasteiger partial charge in [0, 0.05) is 18.6 Å². The first kappa shape index (κ1) is 14.2. The summed E-state index contributed by atoms with van der Waals surface area (Å²) in [5.74, 6) is 0. The molecule has 0 heterocycles. The molecule has 0 aliphatic carbocycles. The molecule has 0 saturated carbocycles. The SMILES string of the molecule is CCC(N)(CC)CN(C)Cc1ccccc1C. The predicted molar refractivity (Wildman–Crippen MR) is 75.0 cm³/mol. The number of aryl methyl sites for hydroxylation is 1. The predicted octanol–water partition coefficient (Wildman–Crippen LogP) is 2.94. The summed E-state index contributed by atoms with van der Waals surface area (Å²) in [6, 6.07) is 8.55. The average Bonchev–Trinajstić information content (AvgIpc) is 2.32. The minimum absolute atomic E-state index is 0.0442. The summed E-state index contributed by atoms with van der Waals surface area (Å²) >= 11 is 0. The largest absolute Gasteiger partial charge is 0.324 e. The molecule has 2 nitrogen and oxygen atoms in total. The smallest absolute Gasteiger partial charge is 0.0278 e. The summed E-state index contributed by atoms with van der Waals surface area (Å²) in [4.78, 5) is 2.33. The van der Waals surface area contributed by atoms with Gasteiger partial charge in [0.05, 0.1) is 0 Å². The highest BCUT2D eigenvalue weighted by Crippen LogP contribution is 2.15. The molecule has 0 bridgehead atoms. The second-order valence-corrected chi connectivity index (χ2v) is 5.17. The molecule has 0 radical (unpaired) electrons. The molecular weight excluding hydrogens is 208 g/mol. The van der Waals surface area contributed by atoms with E-state index in [0.717, 1.165) is 25.9 Å². The maximum Gasteiger partial charge on any atom is 0.0278 e. The van der Waals surface area contributed by atoms with Crippen LogP contribution in [0.4, 0.5) is 0 Å². The van der Waals surface area contributed by atoms with Crippen molar-refractivity contribution >= 4 is 0 Å². The van der Waals surface area contributed by atoms with E-state index in [0.29, 0.717) is 0 Å². The van der Waals surface area contributed by atoms with Crippen molar-refractivity contribution in [2.24, 2.45) is 5.73 Å². The molecule has 0 aromatic heterocycles. The number of nitrogens with zero attached hydrogens (tertiary/aromatic N) is 1. The Morgan fingerprint density at radius 1 is 1.18 bits per heavy atom. The molecule has 0 unspecified atom stereocenters. The first-order valence-electron chi connectivity index (χ1n) is 6.52. The van der Waals surface area contributed by atoms with Crippen molar-refractivity contribution in [3.8, 4) is 0 Å². The fourth-order valence-corrected chi connectivity index (χ4v) is 2.15. The zero-order valence-corrected chi connectivity index (χ0v) is 11.7. The van der Waals surface area contributed by atoms with Crippen LogP contribution in [-0.2, 0) is 6.54 Å². The topological polar surface area (TPSA) is 29.3 Å². The summed E-state index contributed by atoms with van der Waals surface area (Å²) in [7, 11) is 2.15. The lowest BCUT2D eigenvalue weighted by molar-refractivity contribution is 0.228. The molecule has 96 valence electrons. The van der Waals surface area contributed by atoms with Gasteiger partial charge in [-0.3, -0.25) is 0 Å². The highest BCUT2D eigenvalue weighted by Gasteiger charge is 2.22. The van der Waals surface area contributed by atoms with Gasteiger partial charge in [0.15, 0.2) is 0 Å². The van der Waals surface area contributed by atoms with Crippen LogP contribution in [0.3, 0.4) is 0 Å². The minimum atomic E-state index is -0.0442. The monoisotopic (exact) mass is 234 g/mol. The molecule has 2 heteroatoms. The summed E-state index contributed by atoms with van der Waals surface area (Å²) in [5, 5.41) is 0. The van der Waals surface area contributed by atoms with Crippen LogP contribution in [0, 0.1) is 6.92 Å². The Balaban J connectivity index is 2.61. The van der Waals surface area contributed by atoms with Crippen LogP contribution in [0.25, 0.3) is 0 Å². The third-order valence-corrected chi connectivity index (χ3v) is 3.69. The summed E-state index contributed by atoms with van der Waals surface area (Å²) in [6.07, 6.45) is 2.06. The van der Waals surface area contributed by atoms with Crippen LogP contribution < -0.4 is 5.73 Å². The highest BCUT2D eigenvalue weighted by molar-refractivity contribution is 5.25. The van der Waals surface area contributed by atoms with Gasteiger partial charge in [-0.15, -0.1) is 0 Å². The van der Waals surface area contributed by atoms with Crippen molar-refractivity contribution in [3.05, 3.63) is 35.4 Å². The molecule has 0 atom stereocenters. The maximum absolute atomic E-state index is 6.35. The van der Waals surface area contributed by atoms with Crippen LogP contribution in [0.1, 0.15) is 37.8 Å². The fourth-order valence-electron chi connectivity index (χ4n) is 2.15. The first-order valence-corrected chi connectivity index (χ1v) is 6.52. The van der Waals surface area contributed by atoms with Crippen LogP contribution in [0.5, 0.6) is 0 Å². The van der Waals surface area contributed by atoms with Crippen molar-refractivity contribution in [2.75, 3.05) is 13.6 Å². The Labute approximate surface area is 106 Å².